The first kappa shape index (κ1) is 12.6. The molecular weight excluding hydrogens is 208 g/mol. The van der Waals surface area contributed by atoms with Crippen molar-refractivity contribution in [3.8, 4) is 0 Å². The van der Waals surface area contributed by atoms with E-state index in [0.29, 0.717) is 5.92 Å². The molecule has 2 heterocycles. The lowest BCUT2D eigenvalue weighted by atomic mass is 9.76. The van der Waals surface area contributed by atoms with E-state index in [-0.39, 0.29) is 0 Å². The van der Waals surface area contributed by atoms with Crippen LogP contribution in [0.2, 0.25) is 0 Å². The molecule has 1 N–H and O–H groups in total. The summed E-state index contributed by atoms with van der Waals surface area (Å²) in [6.07, 6.45) is 6.55. The molecule has 0 bridgehead atoms. The summed E-state index contributed by atoms with van der Waals surface area (Å²) < 4.78 is 0. The van der Waals surface area contributed by atoms with Crippen molar-refractivity contribution in [3.63, 3.8) is 0 Å². The zero-order valence-electron chi connectivity index (χ0n) is 11.2. The summed E-state index contributed by atoms with van der Waals surface area (Å²) in [5.41, 5.74) is 2.88. The maximum Gasteiger partial charge on any atom is 0.0305 e. The second kappa shape index (κ2) is 5.63. The van der Waals surface area contributed by atoms with Gasteiger partial charge >= 0.3 is 0 Å². The summed E-state index contributed by atoms with van der Waals surface area (Å²) in [4.78, 5) is 4.31. The van der Waals surface area contributed by atoms with Gasteiger partial charge in [0.2, 0.25) is 0 Å². The van der Waals surface area contributed by atoms with Crippen LogP contribution in [0.15, 0.2) is 18.5 Å². The molecule has 2 atom stereocenters. The Kier molecular flexibility index (Phi) is 4.16. The number of hydrogen-bond acceptors (Lipinski definition) is 2. The molecule has 94 valence electrons. The van der Waals surface area contributed by atoms with Crippen LogP contribution in [-0.4, -0.2) is 18.1 Å². The van der Waals surface area contributed by atoms with Crippen molar-refractivity contribution >= 4 is 0 Å². The third-order valence-corrected chi connectivity index (χ3v) is 3.86. The van der Waals surface area contributed by atoms with Gasteiger partial charge in [-0.25, -0.2) is 0 Å². The Bertz CT molecular complexity index is 360. The largest absolute Gasteiger partial charge is 0.316 e. The molecule has 0 saturated carbocycles. The van der Waals surface area contributed by atoms with Crippen molar-refractivity contribution in [2.24, 2.45) is 11.8 Å². The Labute approximate surface area is 105 Å². The van der Waals surface area contributed by atoms with Crippen LogP contribution in [-0.2, 0) is 0 Å². The molecule has 2 heteroatoms. The summed E-state index contributed by atoms with van der Waals surface area (Å²) in [6, 6.07) is 2.14. The van der Waals surface area contributed by atoms with Crippen LogP contribution < -0.4 is 5.32 Å². The van der Waals surface area contributed by atoms with E-state index in [2.05, 4.69) is 43.3 Å². The van der Waals surface area contributed by atoms with Gasteiger partial charge in [0, 0.05) is 12.4 Å². The lowest BCUT2D eigenvalue weighted by Gasteiger charge is -2.34. The molecule has 0 amide bonds. The molecule has 0 spiro atoms. The van der Waals surface area contributed by atoms with E-state index in [4.69, 9.17) is 0 Å². The van der Waals surface area contributed by atoms with E-state index in [0.717, 1.165) is 24.9 Å². The van der Waals surface area contributed by atoms with Gasteiger partial charge in [0.15, 0.2) is 0 Å². The second-order valence-corrected chi connectivity index (χ2v) is 5.72. The van der Waals surface area contributed by atoms with Crippen LogP contribution in [0.3, 0.4) is 0 Å². The predicted molar refractivity (Wildman–Crippen MR) is 72.1 cm³/mol. The molecule has 1 aliphatic heterocycles. The van der Waals surface area contributed by atoms with Crippen LogP contribution >= 0.6 is 0 Å². The fourth-order valence-corrected chi connectivity index (χ4v) is 3.05. The zero-order chi connectivity index (χ0) is 12.3. The predicted octanol–water partition coefficient (Wildman–Crippen LogP) is 3.13. The first-order valence-corrected chi connectivity index (χ1v) is 6.79. The van der Waals surface area contributed by atoms with Gasteiger partial charge in [0.1, 0.15) is 0 Å². The van der Waals surface area contributed by atoms with Crippen molar-refractivity contribution < 1.29 is 0 Å². The van der Waals surface area contributed by atoms with E-state index in [9.17, 15) is 0 Å². The molecule has 2 unspecified atom stereocenters. The molecule has 1 fully saturated rings. The van der Waals surface area contributed by atoms with E-state index >= 15 is 0 Å². The number of hydrogen-bond donors (Lipinski definition) is 1. The van der Waals surface area contributed by atoms with Crippen LogP contribution in [0.1, 0.15) is 43.7 Å². The smallest absolute Gasteiger partial charge is 0.0305 e. The molecule has 0 aromatic carbocycles. The average Bonchev–Trinajstić information content (AvgIpc) is 2.30. The summed E-state index contributed by atoms with van der Waals surface area (Å²) in [5, 5.41) is 3.54. The Morgan fingerprint density at radius 2 is 2.29 bits per heavy atom. The minimum absolute atomic E-state index is 0.701. The number of nitrogens with one attached hydrogen (secondary N) is 1. The minimum atomic E-state index is 0.701. The maximum absolute atomic E-state index is 4.31. The van der Waals surface area contributed by atoms with E-state index in [1.807, 2.05) is 6.20 Å². The molecule has 0 radical (unpaired) electrons. The normalized spacial score (nSPS) is 25.2. The van der Waals surface area contributed by atoms with Crippen LogP contribution in [0.25, 0.3) is 0 Å². The number of pyridine rings is 1. The Morgan fingerprint density at radius 3 is 3.00 bits per heavy atom. The highest BCUT2D eigenvalue weighted by atomic mass is 14.9. The van der Waals surface area contributed by atoms with Gasteiger partial charge in [-0.15, -0.1) is 0 Å². The van der Waals surface area contributed by atoms with E-state index < -0.39 is 0 Å². The summed E-state index contributed by atoms with van der Waals surface area (Å²) in [6.45, 7) is 9.17. The van der Waals surface area contributed by atoms with Crippen LogP contribution in [0, 0.1) is 18.8 Å². The third-order valence-electron chi connectivity index (χ3n) is 3.86. The average molecular weight is 232 g/mol. The van der Waals surface area contributed by atoms with Crippen LogP contribution in [0.4, 0.5) is 0 Å². The molecule has 17 heavy (non-hydrogen) atoms. The Balaban J connectivity index is 2.19. The van der Waals surface area contributed by atoms with Gasteiger partial charge in [-0.1, -0.05) is 13.8 Å². The molecule has 2 rings (SSSR count). The fraction of sp³-hybridized carbons (Fsp3) is 0.667. The molecule has 1 saturated heterocycles. The lowest BCUT2D eigenvalue weighted by molar-refractivity contribution is 0.279. The van der Waals surface area contributed by atoms with Gasteiger partial charge in [0.05, 0.1) is 0 Å². The van der Waals surface area contributed by atoms with Gasteiger partial charge in [-0.3, -0.25) is 4.98 Å². The number of piperidine rings is 1. The van der Waals surface area contributed by atoms with E-state index in [1.54, 1.807) is 0 Å². The second-order valence-electron chi connectivity index (χ2n) is 5.72. The highest BCUT2D eigenvalue weighted by Gasteiger charge is 2.27. The highest BCUT2D eigenvalue weighted by Crippen LogP contribution is 2.35. The number of aryl methyl sites for hydroxylation is 1. The first-order valence-electron chi connectivity index (χ1n) is 6.79. The van der Waals surface area contributed by atoms with Gasteiger partial charge < -0.3 is 5.32 Å². The van der Waals surface area contributed by atoms with Crippen molar-refractivity contribution in [1.82, 2.24) is 10.3 Å². The Morgan fingerprint density at radius 1 is 1.47 bits per heavy atom. The minimum Gasteiger partial charge on any atom is -0.316 e. The number of aromatic nitrogens is 1. The zero-order valence-corrected chi connectivity index (χ0v) is 11.2. The van der Waals surface area contributed by atoms with Crippen molar-refractivity contribution in [1.29, 1.82) is 0 Å². The fourth-order valence-electron chi connectivity index (χ4n) is 3.05. The van der Waals surface area contributed by atoms with Gasteiger partial charge in [0.25, 0.3) is 0 Å². The summed E-state index contributed by atoms with van der Waals surface area (Å²) in [7, 11) is 0. The molecule has 1 aliphatic rings. The van der Waals surface area contributed by atoms with Crippen molar-refractivity contribution in [2.75, 3.05) is 13.1 Å². The third kappa shape index (κ3) is 3.06. The molecule has 0 aliphatic carbocycles. The van der Waals surface area contributed by atoms with Crippen molar-refractivity contribution in [2.45, 2.75) is 39.5 Å². The summed E-state index contributed by atoms with van der Waals surface area (Å²) in [5.74, 6) is 2.25. The van der Waals surface area contributed by atoms with Crippen molar-refractivity contribution in [3.05, 3.63) is 29.6 Å². The molecule has 1 aromatic heterocycles. The SMILES string of the molecule is Cc1ccncc1C1CCNCC1CC(C)C. The topological polar surface area (TPSA) is 24.9 Å². The molecule has 1 aromatic rings. The maximum atomic E-state index is 4.31. The number of rotatable bonds is 3. The Hall–Kier alpha value is -0.890. The highest BCUT2D eigenvalue weighted by molar-refractivity contribution is 5.26. The number of nitrogens with zero attached hydrogens (tertiary/aromatic N) is 1. The van der Waals surface area contributed by atoms with Gasteiger partial charge in [-0.05, 0) is 67.8 Å². The van der Waals surface area contributed by atoms with Gasteiger partial charge in [-0.2, -0.15) is 0 Å². The van der Waals surface area contributed by atoms with E-state index in [1.165, 1.54) is 24.0 Å². The lowest BCUT2D eigenvalue weighted by Crippen LogP contribution is -2.36. The molecule has 2 nitrogen and oxygen atoms in total. The van der Waals surface area contributed by atoms with Crippen LogP contribution in [0.5, 0.6) is 0 Å². The standard InChI is InChI=1S/C15H24N2/c1-11(2)8-13-9-16-7-5-14(13)15-10-17-6-4-12(15)3/h4,6,10-11,13-14,16H,5,7-9H2,1-3H3. The first-order chi connectivity index (χ1) is 8.18. The molecular formula is C15H24N2. The quantitative estimate of drug-likeness (QED) is 0.866. The summed E-state index contributed by atoms with van der Waals surface area (Å²) >= 11 is 0. The monoisotopic (exact) mass is 232 g/mol.